The van der Waals surface area contributed by atoms with E-state index in [1.807, 2.05) is 30.3 Å². The minimum atomic E-state index is -0.876. The zero-order valence-corrected chi connectivity index (χ0v) is 12.1. The summed E-state index contributed by atoms with van der Waals surface area (Å²) in [6.45, 7) is 0. The number of benzene rings is 1. The molecular weight excluding hydrogens is 290 g/mol. The van der Waals surface area contributed by atoms with Crippen molar-refractivity contribution in [3.8, 4) is 0 Å². The first-order valence-electron chi connectivity index (χ1n) is 6.51. The van der Waals surface area contributed by atoms with Gasteiger partial charge in [-0.25, -0.2) is 0 Å². The third-order valence-electron chi connectivity index (χ3n) is 2.75. The highest BCUT2D eigenvalue weighted by Crippen LogP contribution is 2.17. The summed E-state index contributed by atoms with van der Waals surface area (Å²) in [6, 6.07) is 9.76. The molecular formula is C14H15N3O3S. The monoisotopic (exact) mass is 305 g/mol. The fraction of sp³-hybridized carbons (Fsp3) is 0.286. The molecule has 1 aromatic carbocycles. The van der Waals surface area contributed by atoms with Crippen molar-refractivity contribution in [1.29, 1.82) is 0 Å². The van der Waals surface area contributed by atoms with E-state index in [9.17, 15) is 9.59 Å². The number of rotatable bonds is 7. The predicted molar refractivity (Wildman–Crippen MR) is 79.3 cm³/mol. The van der Waals surface area contributed by atoms with Gasteiger partial charge in [0.1, 0.15) is 5.01 Å². The smallest absolute Gasteiger partial charge is 0.303 e. The summed E-state index contributed by atoms with van der Waals surface area (Å²) >= 11 is 1.21. The van der Waals surface area contributed by atoms with E-state index in [4.69, 9.17) is 5.11 Å². The summed E-state index contributed by atoms with van der Waals surface area (Å²) in [4.78, 5) is 22.3. The highest BCUT2D eigenvalue weighted by Gasteiger charge is 2.09. The molecule has 0 unspecified atom stereocenters. The van der Waals surface area contributed by atoms with Crippen molar-refractivity contribution in [2.24, 2.45) is 0 Å². The molecule has 1 aromatic heterocycles. The normalized spacial score (nSPS) is 10.3. The summed E-state index contributed by atoms with van der Waals surface area (Å²) in [5.74, 6) is -1.00. The molecule has 0 aliphatic rings. The van der Waals surface area contributed by atoms with Gasteiger partial charge in [-0.05, 0) is 12.0 Å². The molecule has 0 spiro atoms. The Morgan fingerprint density at radius 2 is 1.86 bits per heavy atom. The average Bonchev–Trinajstić information content (AvgIpc) is 2.91. The Labute approximate surface area is 125 Å². The number of nitrogens with zero attached hydrogens (tertiary/aromatic N) is 2. The number of carboxylic acids is 1. The van der Waals surface area contributed by atoms with Gasteiger partial charge in [-0.3, -0.25) is 9.59 Å². The summed E-state index contributed by atoms with van der Waals surface area (Å²) < 4.78 is 0. The lowest BCUT2D eigenvalue weighted by Crippen LogP contribution is -2.12. The van der Waals surface area contributed by atoms with Crippen molar-refractivity contribution in [2.75, 3.05) is 5.32 Å². The van der Waals surface area contributed by atoms with Gasteiger partial charge in [0.05, 0.1) is 6.42 Å². The highest BCUT2D eigenvalue weighted by molar-refractivity contribution is 7.15. The number of anilines is 1. The number of carboxylic acid groups (broad SMARTS) is 1. The largest absolute Gasteiger partial charge is 0.481 e. The lowest BCUT2D eigenvalue weighted by atomic mass is 10.1. The molecule has 0 aliphatic heterocycles. The Balaban J connectivity index is 1.78. The van der Waals surface area contributed by atoms with Crippen LogP contribution in [0.15, 0.2) is 30.3 Å². The molecule has 0 bridgehead atoms. The van der Waals surface area contributed by atoms with Crippen LogP contribution in [0.3, 0.4) is 0 Å². The number of amides is 1. The van der Waals surface area contributed by atoms with E-state index in [1.165, 1.54) is 11.3 Å². The number of hydrogen-bond acceptors (Lipinski definition) is 5. The van der Waals surface area contributed by atoms with E-state index in [0.717, 1.165) is 5.56 Å². The third-order valence-corrected chi connectivity index (χ3v) is 3.65. The van der Waals surface area contributed by atoms with Crippen molar-refractivity contribution < 1.29 is 14.7 Å². The number of aryl methyl sites for hydroxylation is 2. The molecule has 0 aliphatic carbocycles. The van der Waals surface area contributed by atoms with Crippen LogP contribution in [0.25, 0.3) is 0 Å². The summed E-state index contributed by atoms with van der Waals surface area (Å²) in [5.41, 5.74) is 1.10. The average molecular weight is 305 g/mol. The molecule has 2 aromatic rings. The zero-order valence-electron chi connectivity index (χ0n) is 11.3. The van der Waals surface area contributed by atoms with Gasteiger partial charge in [-0.15, -0.1) is 10.2 Å². The molecule has 2 rings (SSSR count). The van der Waals surface area contributed by atoms with Gasteiger partial charge < -0.3 is 10.4 Å². The number of carbonyl (C=O) groups is 2. The maximum atomic E-state index is 11.8. The van der Waals surface area contributed by atoms with Crippen LogP contribution in [-0.4, -0.2) is 27.2 Å². The van der Waals surface area contributed by atoms with Gasteiger partial charge in [-0.2, -0.15) is 0 Å². The van der Waals surface area contributed by atoms with Crippen LogP contribution < -0.4 is 5.32 Å². The molecule has 2 N–H and O–H groups in total. The molecule has 1 heterocycles. The standard InChI is InChI=1S/C14H15N3O3S/c18-11(7-6-10-4-2-1-3-5-10)15-14-17-16-12(21-14)8-9-13(19)20/h1-5H,6-9H2,(H,19,20)(H,15,17,18). The number of nitrogens with one attached hydrogen (secondary N) is 1. The van der Waals surface area contributed by atoms with Crippen LogP contribution in [0.1, 0.15) is 23.4 Å². The van der Waals surface area contributed by atoms with Crippen molar-refractivity contribution >= 4 is 28.3 Å². The SMILES string of the molecule is O=C(O)CCc1nnc(NC(=O)CCc2ccccc2)s1. The quantitative estimate of drug-likeness (QED) is 0.817. The second kappa shape index (κ2) is 7.49. The summed E-state index contributed by atoms with van der Waals surface area (Å²) in [6.07, 6.45) is 1.37. The van der Waals surface area contributed by atoms with E-state index >= 15 is 0 Å². The van der Waals surface area contributed by atoms with E-state index in [-0.39, 0.29) is 12.3 Å². The van der Waals surface area contributed by atoms with E-state index in [2.05, 4.69) is 15.5 Å². The van der Waals surface area contributed by atoms with Crippen LogP contribution in [0.5, 0.6) is 0 Å². The van der Waals surface area contributed by atoms with Gasteiger partial charge in [-0.1, -0.05) is 41.7 Å². The maximum absolute atomic E-state index is 11.8. The summed E-state index contributed by atoms with van der Waals surface area (Å²) in [7, 11) is 0. The molecule has 0 atom stereocenters. The van der Waals surface area contributed by atoms with Crippen LogP contribution in [0, 0.1) is 0 Å². The number of aliphatic carboxylic acids is 1. The second-order valence-electron chi connectivity index (χ2n) is 4.43. The van der Waals surface area contributed by atoms with Crippen molar-refractivity contribution in [2.45, 2.75) is 25.7 Å². The lowest BCUT2D eigenvalue weighted by Gasteiger charge is -2.01. The van der Waals surface area contributed by atoms with E-state index < -0.39 is 5.97 Å². The first-order chi connectivity index (χ1) is 10.1. The number of carbonyl (C=O) groups excluding carboxylic acids is 1. The van der Waals surface area contributed by atoms with Crippen molar-refractivity contribution in [3.05, 3.63) is 40.9 Å². The molecule has 21 heavy (non-hydrogen) atoms. The van der Waals surface area contributed by atoms with Crippen molar-refractivity contribution in [1.82, 2.24) is 10.2 Å². The number of hydrogen-bond donors (Lipinski definition) is 2. The second-order valence-corrected chi connectivity index (χ2v) is 5.49. The minimum Gasteiger partial charge on any atom is -0.481 e. The van der Waals surface area contributed by atoms with Crippen LogP contribution >= 0.6 is 11.3 Å². The predicted octanol–water partition coefficient (Wildman–Crippen LogP) is 2.13. The lowest BCUT2D eigenvalue weighted by molar-refractivity contribution is -0.137. The Hall–Kier alpha value is -2.28. The fourth-order valence-electron chi connectivity index (χ4n) is 1.70. The molecule has 110 valence electrons. The molecule has 0 fully saturated rings. The van der Waals surface area contributed by atoms with Gasteiger partial charge in [0, 0.05) is 12.8 Å². The summed E-state index contributed by atoms with van der Waals surface area (Å²) in [5, 5.41) is 20.0. The number of aromatic nitrogens is 2. The third kappa shape index (κ3) is 5.31. The molecule has 0 radical (unpaired) electrons. The first-order valence-corrected chi connectivity index (χ1v) is 7.33. The van der Waals surface area contributed by atoms with Gasteiger partial charge in [0.15, 0.2) is 0 Å². The van der Waals surface area contributed by atoms with Crippen LogP contribution in [0.4, 0.5) is 5.13 Å². The Kier molecular flexibility index (Phi) is 5.39. The molecule has 0 saturated heterocycles. The van der Waals surface area contributed by atoms with Crippen LogP contribution in [-0.2, 0) is 22.4 Å². The van der Waals surface area contributed by atoms with E-state index in [0.29, 0.717) is 29.4 Å². The van der Waals surface area contributed by atoms with Crippen molar-refractivity contribution in [3.63, 3.8) is 0 Å². The minimum absolute atomic E-state index is 0.0105. The van der Waals surface area contributed by atoms with E-state index in [1.54, 1.807) is 0 Å². The molecule has 0 saturated carbocycles. The molecule has 6 nitrogen and oxygen atoms in total. The van der Waals surface area contributed by atoms with Gasteiger partial charge >= 0.3 is 5.97 Å². The van der Waals surface area contributed by atoms with Crippen LogP contribution in [0.2, 0.25) is 0 Å². The Morgan fingerprint density at radius 3 is 2.57 bits per heavy atom. The fourth-order valence-corrected chi connectivity index (χ4v) is 2.46. The first kappa shape index (κ1) is 15.1. The Bertz CT molecular complexity index is 613. The highest BCUT2D eigenvalue weighted by atomic mass is 32.1. The molecule has 1 amide bonds. The topological polar surface area (TPSA) is 92.2 Å². The zero-order chi connectivity index (χ0) is 15.1. The van der Waals surface area contributed by atoms with Gasteiger partial charge in [0.25, 0.3) is 0 Å². The van der Waals surface area contributed by atoms with Gasteiger partial charge in [0.2, 0.25) is 11.0 Å². The maximum Gasteiger partial charge on any atom is 0.303 e. The molecule has 7 heteroatoms. The Morgan fingerprint density at radius 1 is 1.10 bits per heavy atom.